The first-order chi connectivity index (χ1) is 8.17. The zero-order chi connectivity index (χ0) is 12.4. The Bertz CT molecular complexity index is 416. The molecule has 1 aromatic heterocycles. The SMILES string of the molecule is CCC(C)N1CCc2nc(CCN)sc2C1=O. The Morgan fingerprint density at radius 2 is 2.35 bits per heavy atom. The lowest BCUT2D eigenvalue weighted by Crippen LogP contribution is -2.42. The van der Waals surface area contributed by atoms with E-state index in [9.17, 15) is 4.79 Å². The van der Waals surface area contributed by atoms with Gasteiger partial charge in [0.1, 0.15) is 4.88 Å². The maximum Gasteiger partial charge on any atom is 0.266 e. The summed E-state index contributed by atoms with van der Waals surface area (Å²) in [6, 6.07) is 0.315. The smallest absolute Gasteiger partial charge is 0.266 e. The summed E-state index contributed by atoms with van der Waals surface area (Å²) in [5, 5.41) is 0.997. The van der Waals surface area contributed by atoms with Crippen molar-refractivity contribution in [2.75, 3.05) is 13.1 Å². The van der Waals surface area contributed by atoms with E-state index < -0.39 is 0 Å². The van der Waals surface area contributed by atoms with Gasteiger partial charge in [-0.05, 0) is 19.9 Å². The molecule has 1 amide bonds. The van der Waals surface area contributed by atoms with Crippen molar-refractivity contribution < 1.29 is 4.79 Å². The summed E-state index contributed by atoms with van der Waals surface area (Å²) in [6.07, 6.45) is 2.65. The van der Waals surface area contributed by atoms with Crippen molar-refractivity contribution in [2.45, 2.75) is 39.2 Å². The topological polar surface area (TPSA) is 59.2 Å². The Labute approximate surface area is 106 Å². The molecule has 5 heteroatoms. The minimum Gasteiger partial charge on any atom is -0.335 e. The summed E-state index contributed by atoms with van der Waals surface area (Å²) in [6.45, 7) is 5.60. The lowest BCUT2D eigenvalue weighted by molar-refractivity contribution is 0.0675. The van der Waals surface area contributed by atoms with Gasteiger partial charge >= 0.3 is 0 Å². The number of hydrogen-bond donors (Lipinski definition) is 1. The van der Waals surface area contributed by atoms with E-state index in [-0.39, 0.29) is 5.91 Å². The van der Waals surface area contributed by atoms with Crippen LogP contribution >= 0.6 is 11.3 Å². The second-order valence-corrected chi connectivity index (χ2v) is 5.51. The van der Waals surface area contributed by atoms with Gasteiger partial charge in [-0.25, -0.2) is 4.98 Å². The summed E-state index contributed by atoms with van der Waals surface area (Å²) in [5.74, 6) is 0.154. The molecule has 0 spiro atoms. The molecule has 0 bridgehead atoms. The molecule has 4 nitrogen and oxygen atoms in total. The van der Waals surface area contributed by atoms with Crippen LogP contribution in [0.4, 0.5) is 0 Å². The van der Waals surface area contributed by atoms with Crippen molar-refractivity contribution in [3.63, 3.8) is 0 Å². The van der Waals surface area contributed by atoms with Gasteiger partial charge in [-0.2, -0.15) is 0 Å². The molecular formula is C12H19N3OS. The molecule has 0 aromatic carbocycles. The molecule has 94 valence electrons. The number of hydrogen-bond acceptors (Lipinski definition) is 4. The molecule has 2 N–H and O–H groups in total. The van der Waals surface area contributed by atoms with Gasteiger partial charge in [0, 0.05) is 25.4 Å². The predicted octanol–water partition coefficient (Wildman–Crippen LogP) is 1.44. The first-order valence-corrected chi connectivity index (χ1v) is 6.98. The summed E-state index contributed by atoms with van der Waals surface area (Å²) in [5.41, 5.74) is 6.50. The van der Waals surface area contributed by atoms with Crippen LogP contribution < -0.4 is 5.73 Å². The standard InChI is InChI=1S/C12H19N3OS/c1-3-8(2)15-7-5-9-11(12(15)16)17-10(14-9)4-6-13/h8H,3-7,13H2,1-2H3. The number of carbonyl (C=O) groups excluding carboxylic acids is 1. The van der Waals surface area contributed by atoms with Gasteiger partial charge < -0.3 is 10.6 Å². The fraction of sp³-hybridized carbons (Fsp3) is 0.667. The fourth-order valence-corrected chi connectivity index (χ4v) is 3.15. The highest BCUT2D eigenvalue weighted by molar-refractivity contribution is 7.13. The summed E-state index contributed by atoms with van der Waals surface area (Å²) in [4.78, 5) is 19.6. The van der Waals surface area contributed by atoms with Crippen LogP contribution in [0.1, 0.15) is 40.6 Å². The Hall–Kier alpha value is -0.940. The van der Waals surface area contributed by atoms with Crippen LogP contribution in [0.15, 0.2) is 0 Å². The Morgan fingerprint density at radius 1 is 1.59 bits per heavy atom. The second kappa shape index (κ2) is 5.14. The first-order valence-electron chi connectivity index (χ1n) is 6.17. The van der Waals surface area contributed by atoms with E-state index >= 15 is 0 Å². The third kappa shape index (κ3) is 2.35. The van der Waals surface area contributed by atoms with Crippen LogP contribution in [-0.2, 0) is 12.8 Å². The average Bonchev–Trinajstić information content (AvgIpc) is 2.73. The zero-order valence-electron chi connectivity index (χ0n) is 10.4. The molecule has 1 unspecified atom stereocenters. The highest BCUT2D eigenvalue weighted by Crippen LogP contribution is 2.26. The van der Waals surface area contributed by atoms with Crippen molar-refractivity contribution in [3.8, 4) is 0 Å². The number of thiazole rings is 1. The Kier molecular flexibility index (Phi) is 3.79. The quantitative estimate of drug-likeness (QED) is 0.883. The molecule has 0 fully saturated rings. The maximum absolute atomic E-state index is 12.3. The van der Waals surface area contributed by atoms with Crippen LogP contribution in [0.3, 0.4) is 0 Å². The van der Waals surface area contributed by atoms with Crippen LogP contribution in [0.2, 0.25) is 0 Å². The number of carbonyl (C=O) groups is 1. The van der Waals surface area contributed by atoms with Crippen LogP contribution in [0.25, 0.3) is 0 Å². The zero-order valence-corrected chi connectivity index (χ0v) is 11.2. The van der Waals surface area contributed by atoms with E-state index in [0.717, 1.165) is 41.4 Å². The normalized spacial score (nSPS) is 17.1. The third-order valence-corrected chi connectivity index (χ3v) is 4.41. The molecule has 0 radical (unpaired) electrons. The van der Waals surface area contributed by atoms with Gasteiger partial charge in [0.05, 0.1) is 10.7 Å². The average molecular weight is 253 g/mol. The number of fused-ring (bicyclic) bond motifs is 1. The molecule has 2 heterocycles. The number of nitrogens with two attached hydrogens (primary N) is 1. The van der Waals surface area contributed by atoms with E-state index in [1.165, 1.54) is 11.3 Å². The van der Waals surface area contributed by atoms with E-state index in [0.29, 0.717) is 12.6 Å². The fourth-order valence-electron chi connectivity index (χ4n) is 2.07. The van der Waals surface area contributed by atoms with E-state index in [2.05, 4.69) is 18.8 Å². The van der Waals surface area contributed by atoms with Gasteiger partial charge in [0.15, 0.2) is 0 Å². The second-order valence-electron chi connectivity index (χ2n) is 4.43. The number of amides is 1. The molecule has 1 aromatic rings. The number of aromatic nitrogens is 1. The molecule has 0 aliphatic carbocycles. The molecule has 0 saturated heterocycles. The van der Waals surface area contributed by atoms with E-state index in [4.69, 9.17) is 5.73 Å². The summed E-state index contributed by atoms with van der Waals surface area (Å²) < 4.78 is 0. The minimum absolute atomic E-state index is 0.154. The predicted molar refractivity (Wildman–Crippen MR) is 69.4 cm³/mol. The lowest BCUT2D eigenvalue weighted by atomic mass is 10.1. The maximum atomic E-state index is 12.3. The van der Waals surface area contributed by atoms with Crippen molar-refractivity contribution in [3.05, 3.63) is 15.6 Å². The van der Waals surface area contributed by atoms with E-state index in [1.807, 2.05) is 4.90 Å². The summed E-state index contributed by atoms with van der Waals surface area (Å²) in [7, 11) is 0. The van der Waals surface area contributed by atoms with Crippen molar-refractivity contribution in [1.29, 1.82) is 0 Å². The molecule has 0 saturated carbocycles. The third-order valence-electron chi connectivity index (χ3n) is 3.27. The Morgan fingerprint density at radius 3 is 3.00 bits per heavy atom. The van der Waals surface area contributed by atoms with Gasteiger partial charge in [-0.15, -0.1) is 11.3 Å². The van der Waals surface area contributed by atoms with Crippen LogP contribution in [-0.4, -0.2) is 34.9 Å². The van der Waals surface area contributed by atoms with Crippen LogP contribution in [0, 0.1) is 0 Å². The number of rotatable bonds is 4. The highest BCUT2D eigenvalue weighted by Gasteiger charge is 2.30. The summed E-state index contributed by atoms with van der Waals surface area (Å²) >= 11 is 1.52. The molecule has 1 atom stereocenters. The molecule has 17 heavy (non-hydrogen) atoms. The molecule has 2 rings (SSSR count). The molecule has 1 aliphatic rings. The number of nitrogens with zero attached hydrogens (tertiary/aromatic N) is 2. The van der Waals surface area contributed by atoms with Gasteiger partial charge in [0.25, 0.3) is 5.91 Å². The monoisotopic (exact) mass is 253 g/mol. The van der Waals surface area contributed by atoms with Crippen molar-refractivity contribution >= 4 is 17.2 Å². The minimum atomic E-state index is 0.154. The lowest BCUT2D eigenvalue weighted by Gasteiger charge is -2.31. The van der Waals surface area contributed by atoms with Gasteiger partial charge in [-0.1, -0.05) is 6.92 Å². The molecular weight excluding hydrogens is 234 g/mol. The first kappa shape index (κ1) is 12.5. The van der Waals surface area contributed by atoms with Gasteiger partial charge in [-0.3, -0.25) is 4.79 Å². The van der Waals surface area contributed by atoms with E-state index in [1.54, 1.807) is 0 Å². The Balaban J connectivity index is 2.23. The molecule has 1 aliphatic heterocycles. The van der Waals surface area contributed by atoms with Gasteiger partial charge in [0.2, 0.25) is 0 Å². The van der Waals surface area contributed by atoms with Crippen molar-refractivity contribution in [2.24, 2.45) is 5.73 Å². The van der Waals surface area contributed by atoms with Crippen molar-refractivity contribution in [1.82, 2.24) is 9.88 Å². The highest BCUT2D eigenvalue weighted by atomic mass is 32.1. The van der Waals surface area contributed by atoms with Crippen LogP contribution in [0.5, 0.6) is 0 Å². The largest absolute Gasteiger partial charge is 0.335 e.